The summed E-state index contributed by atoms with van der Waals surface area (Å²) in [5.41, 5.74) is 9.25. The maximum atomic E-state index is 13.5. The molecule has 10 rings (SSSR count). The Kier molecular flexibility index (Phi) is 7.23. The van der Waals surface area contributed by atoms with Crippen molar-refractivity contribution in [2.24, 2.45) is 0 Å². The van der Waals surface area contributed by atoms with Crippen LogP contribution in [0, 0.1) is 0 Å². The van der Waals surface area contributed by atoms with E-state index < -0.39 is 11.7 Å². The van der Waals surface area contributed by atoms with Gasteiger partial charge in [-0.25, -0.2) is 9.97 Å². The summed E-state index contributed by atoms with van der Waals surface area (Å²) in [5, 5.41) is 4.43. The lowest BCUT2D eigenvalue weighted by Crippen LogP contribution is -2.05. The van der Waals surface area contributed by atoms with Gasteiger partial charge in [0.05, 0.1) is 39.0 Å². The molecular formula is C47H29F3N4. The largest absolute Gasteiger partial charge is 0.416 e. The summed E-state index contributed by atoms with van der Waals surface area (Å²) >= 11 is 0. The predicted molar refractivity (Wildman–Crippen MR) is 212 cm³/mol. The lowest BCUT2D eigenvalue weighted by molar-refractivity contribution is -0.137. The molecule has 54 heavy (non-hydrogen) atoms. The molecule has 0 spiro atoms. The molecule has 0 atom stereocenters. The van der Waals surface area contributed by atoms with Crippen LogP contribution in [0.25, 0.3) is 88.9 Å². The molecule has 0 amide bonds. The number of hydrogen-bond acceptors (Lipinski definition) is 2. The first-order valence-electron chi connectivity index (χ1n) is 17.7. The van der Waals surface area contributed by atoms with Crippen molar-refractivity contribution in [1.82, 2.24) is 19.1 Å². The normalized spacial score (nSPS) is 12.0. The van der Waals surface area contributed by atoms with Gasteiger partial charge in [0.1, 0.15) is 0 Å². The minimum Gasteiger partial charge on any atom is -0.309 e. The lowest BCUT2D eigenvalue weighted by atomic mass is 10.0. The zero-order valence-corrected chi connectivity index (χ0v) is 28.7. The van der Waals surface area contributed by atoms with Gasteiger partial charge in [-0.2, -0.15) is 13.2 Å². The van der Waals surface area contributed by atoms with Crippen molar-refractivity contribution in [3.05, 3.63) is 181 Å². The second kappa shape index (κ2) is 12.3. The number of rotatable bonds is 5. The molecule has 3 heterocycles. The average molecular weight is 707 g/mol. The third-order valence-corrected chi connectivity index (χ3v) is 10.2. The monoisotopic (exact) mass is 706 g/mol. The molecule has 0 radical (unpaired) electrons. The molecule has 0 saturated heterocycles. The van der Waals surface area contributed by atoms with Crippen LogP contribution in [0.5, 0.6) is 0 Å². The Morgan fingerprint density at radius 3 is 1.56 bits per heavy atom. The first kappa shape index (κ1) is 31.7. The van der Waals surface area contributed by atoms with Gasteiger partial charge in [0.15, 0.2) is 0 Å². The van der Waals surface area contributed by atoms with Gasteiger partial charge >= 0.3 is 6.18 Å². The highest BCUT2D eigenvalue weighted by Crippen LogP contribution is 2.39. The second-order valence-electron chi connectivity index (χ2n) is 13.4. The van der Waals surface area contributed by atoms with Gasteiger partial charge in [-0.05, 0) is 71.8 Å². The zero-order chi connectivity index (χ0) is 36.4. The fourth-order valence-electron chi connectivity index (χ4n) is 7.64. The summed E-state index contributed by atoms with van der Waals surface area (Å²) in [6.07, 6.45) is -4.44. The van der Waals surface area contributed by atoms with E-state index in [1.165, 1.54) is 17.5 Å². The van der Waals surface area contributed by atoms with Gasteiger partial charge in [0.25, 0.3) is 0 Å². The van der Waals surface area contributed by atoms with E-state index in [1.54, 1.807) is 0 Å². The first-order chi connectivity index (χ1) is 26.4. The van der Waals surface area contributed by atoms with Crippen LogP contribution in [0.3, 0.4) is 0 Å². The summed E-state index contributed by atoms with van der Waals surface area (Å²) in [6.45, 7) is 0. The molecule has 7 aromatic carbocycles. The third kappa shape index (κ3) is 5.24. The standard InChI is InChI=1S/C47H29F3N4/c48-47(49,50)34-23-19-31(20-24-34)41-29-40(30-11-3-1-4-12-30)51-46(52-41)54-43-18-10-7-15-36(43)38-25-21-33(28-45(38)54)32-22-26-44-39(27-32)37-16-8-9-17-42(37)53(44)35-13-5-2-6-14-35/h1-29H. The number of alkyl halides is 3. The quantitative estimate of drug-likeness (QED) is 0.179. The fraction of sp³-hybridized carbons (Fsp3) is 0.0213. The molecule has 0 fully saturated rings. The Labute approximate surface area is 308 Å². The van der Waals surface area contributed by atoms with Crippen LogP contribution < -0.4 is 0 Å². The predicted octanol–water partition coefficient (Wildman–Crippen LogP) is 12.7. The Morgan fingerprint density at radius 2 is 0.870 bits per heavy atom. The number of nitrogens with zero attached hydrogens (tertiary/aromatic N) is 4. The van der Waals surface area contributed by atoms with Crippen molar-refractivity contribution in [1.29, 1.82) is 0 Å². The second-order valence-corrected chi connectivity index (χ2v) is 13.4. The fourth-order valence-corrected chi connectivity index (χ4v) is 7.64. The van der Waals surface area contributed by atoms with Crippen molar-refractivity contribution in [2.75, 3.05) is 0 Å². The summed E-state index contributed by atoms with van der Waals surface area (Å²) < 4.78 is 44.9. The van der Waals surface area contributed by atoms with Crippen molar-refractivity contribution >= 4 is 43.6 Å². The molecule has 3 aromatic heterocycles. The lowest BCUT2D eigenvalue weighted by Gasteiger charge is -2.13. The van der Waals surface area contributed by atoms with E-state index in [9.17, 15) is 13.2 Å². The molecule has 4 nitrogen and oxygen atoms in total. The van der Waals surface area contributed by atoms with Crippen LogP contribution in [0.4, 0.5) is 13.2 Å². The highest BCUT2D eigenvalue weighted by atomic mass is 19.4. The van der Waals surface area contributed by atoms with E-state index >= 15 is 0 Å². The highest BCUT2D eigenvalue weighted by molar-refractivity contribution is 6.12. The SMILES string of the molecule is FC(F)(F)c1ccc(-c2cc(-c3ccccc3)nc(-n3c4ccccc4c4ccc(-c5ccc6c(c5)c5ccccc5n6-c5ccccc5)cc43)n2)cc1. The minimum absolute atomic E-state index is 0.427. The molecule has 0 aliphatic rings. The zero-order valence-electron chi connectivity index (χ0n) is 28.7. The van der Waals surface area contributed by atoms with E-state index in [4.69, 9.17) is 9.97 Å². The number of para-hydroxylation sites is 3. The Hall–Kier alpha value is -6.99. The van der Waals surface area contributed by atoms with Crippen LogP contribution in [-0.4, -0.2) is 19.1 Å². The van der Waals surface area contributed by atoms with Gasteiger partial charge in [-0.15, -0.1) is 0 Å². The Bertz CT molecular complexity index is 3020. The number of benzene rings is 7. The van der Waals surface area contributed by atoms with Crippen LogP contribution in [-0.2, 0) is 6.18 Å². The molecule has 258 valence electrons. The number of halogens is 3. The summed E-state index contributed by atoms with van der Waals surface area (Å²) in [5.74, 6) is 0.427. The molecule has 0 unspecified atom stereocenters. The molecule has 7 heteroatoms. The molecule has 0 aliphatic heterocycles. The minimum atomic E-state index is -4.44. The first-order valence-corrected chi connectivity index (χ1v) is 17.7. The molecule has 0 aliphatic carbocycles. The number of hydrogen-bond donors (Lipinski definition) is 0. The van der Waals surface area contributed by atoms with E-state index in [-0.39, 0.29) is 0 Å². The number of fused-ring (bicyclic) bond motifs is 6. The molecule has 0 saturated carbocycles. The Balaban J connectivity index is 1.18. The van der Waals surface area contributed by atoms with Crippen LogP contribution >= 0.6 is 0 Å². The van der Waals surface area contributed by atoms with Gasteiger partial charge in [-0.3, -0.25) is 4.57 Å². The molecule has 0 bridgehead atoms. The van der Waals surface area contributed by atoms with E-state index in [1.807, 2.05) is 54.6 Å². The summed E-state index contributed by atoms with van der Waals surface area (Å²) in [4.78, 5) is 10.1. The summed E-state index contributed by atoms with van der Waals surface area (Å²) in [6, 6.07) is 56.9. The van der Waals surface area contributed by atoms with Crippen LogP contribution in [0.15, 0.2) is 176 Å². The molecule has 10 aromatic rings. The number of aromatic nitrogens is 4. The van der Waals surface area contributed by atoms with Crippen molar-refractivity contribution < 1.29 is 13.2 Å². The van der Waals surface area contributed by atoms with Crippen molar-refractivity contribution in [3.63, 3.8) is 0 Å². The van der Waals surface area contributed by atoms with Gasteiger partial charge < -0.3 is 4.57 Å². The highest BCUT2D eigenvalue weighted by Gasteiger charge is 2.30. The van der Waals surface area contributed by atoms with Gasteiger partial charge in [0.2, 0.25) is 5.95 Å². The smallest absolute Gasteiger partial charge is 0.309 e. The molecule has 0 N–H and O–H groups in total. The van der Waals surface area contributed by atoms with Gasteiger partial charge in [-0.1, -0.05) is 115 Å². The Morgan fingerprint density at radius 1 is 0.370 bits per heavy atom. The van der Waals surface area contributed by atoms with Crippen molar-refractivity contribution in [3.8, 4) is 45.3 Å². The van der Waals surface area contributed by atoms with Crippen molar-refractivity contribution in [2.45, 2.75) is 6.18 Å². The average Bonchev–Trinajstić information content (AvgIpc) is 3.73. The molecular weight excluding hydrogens is 678 g/mol. The maximum Gasteiger partial charge on any atom is 0.416 e. The van der Waals surface area contributed by atoms with E-state index in [2.05, 4.69) is 106 Å². The van der Waals surface area contributed by atoms with E-state index in [0.717, 1.165) is 72.7 Å². The van der Waals surface area contributed by atoms with Crippen LogP contribution in [0.2, 0.25) is 0 Å². The van der Waals surface area contributed by atoms with Gasteiger partial charge in [0, 0.05) is 38.4 Å². The van der Waals surface area contributed by atoms with Crippen LogP contribution in [0.1, 0.15) is 5.56 Å². The summed E-state index contributed by atoms with van der Waals surface area (Å²) in [7, 11) is 0. The maximum absolute atomic E-state index is 13.5. The third-order valence-electron chi connectivity index (χ3n) is 10.2. The van der Waals surface area contributed by atoms with E-state index in [0.29, 0.717) is 22.9 Å². The topological polar surface area (TPSA) is 35.6 Å².